The van der Waals surface area contributed by atoms with Crippen LogP contribution in [0.3, 0.4) is 0 Å². The van der Waals surface area contributed by atoms with Gasteiger partial charge in [0, 0.05) is 25.8 Å². The van der Waals surface area contributed by atoms with Crippen molar-refractivity contribution in [3.63, 3.8) is 0 Å². The molecule has 0 unspecified atom stereocenters. The minimum Gasteiger partial charge on any atom is -0.378 e. The summed E-state index contributed by atoms with van der Waals surface area (Å²) in [5.41, 5.74) is 5.42. The minimum absolute atomic E-state index is 0. The molecule has 1 aromatic rings. The SMILES string of the molecule is Cc1cccc([N+](=O)[O-])c1S(=O)(=O)N1CCC(OCCCN)CC1.Cl. The Balaban J connectivity index is 0.00000312. The fourth-order valence-electron chi connectivity index (χ4n) is 2.82. The molecule has 25 heavy (non-hydrogen) atoms. The molecule has 0 saturated carbocycles. The zero-order valence-electron chi connectivity index (χ0n) is 14.1. The average Bonchev–Trinajstić information content (AvgIpc) is 2.55. The first-order chi connectivity index (χ1) is 11.4. The lowest BCUT2D eigenvalue weighted by Crippen LogP contribution is -2.41. The molecule has 1 aromatic carbocycles. The molecule has 142 valence electrons. The van der Waals surface area contributed by atoms with Crippen LogP contribution >= 0.6 is 12.4 Å². The number of hydrogen-bond donors (Lipinski definition) is 1. The maximum absolute atomic E-state index is 12.9. The van der Waals surface area contributed by atoms with Crippen molar-refractivity contribution in [1.29, 1.82) is 0 Å². The second-order valence-electron chi connectivity index (χ2n) is 5.80. The van der Waals surface area contributed by atoms with Gasteiger partial charge in [-0.25, -0.2) is 8.42 Å². The van der Waals surface area contributed by atoms with E-state index in [1.54, 1.807) is 13.0 Å². The van der Waals surface area contributed by atoms with Gasteiger partial charge in [0.1, 0.15) is 0 Å². The van der Waals surface area contributed by atoms with E-state index >= 15 is 0 Å². The summed E-state index contributed by atoms with van der Waals surface area (Å²) in [4.78, 5) is 10.3. The maximum atomic E-state index is 12.9. The Morgan fingerprint density at radius 1 is 1.36 bits per heavy atom. The Bertz CT molecular complexity index is 690. The number of halogens is 1. The summed E-state index contributed by atoms with van der Waals surface area (Å²) in [6, 6.07) is 4.29. The molecule has 2 rings (SSSR count). The number of piperidine rings is 1. The van der Waals surface area contributed by atoms with E-state index in [1.807, 2.05) is 0 Å². The first-order valence-corrected chi connectivity index (χ1v) is 9.37. The molecule has 1 saturated heterocycles. The van der Waals surface area contributed by atoms with Crippen molar-refractivity contribution < 1.29 is 18.1 Å². The Kier molecular flexibility index (Phi) is 8.23. The molecule has 1 aliphatic heterocycles. The molecule has 0 amide bonds. The van der Waals surface area contributed by atoms with E-state index in [0.29, 0.717) is 44.6 Å². The van der Waals surface area contributed by atoms with Gasteiger partial charge in [-0.2, -0.15) is 4.31 Å². The van der Waals surface area contributed by atoms with Crippen molar-refractivity contribution in [2.75, 3.05) is 26.2 Å². The quantitative estimate of drug-likeness (QED) is 0.429. The Morgan fingerprint density at radius 2 is 2.00 bits per heavy atom. The zero-order valence-corrected chi connectivity index (χ0v) is 15.7. The molecule has 0 aliphatic carbocycles. The van der Waals surface area contributed by atoms with Crippen LogP contribution in [-0.4, -0.2) is 50.0 Å². The van der Waals surface area contributed by atoms with Gasteiger partial charge in [0.15, 0.2) is 4.90 Å². The van der Waals surface area contributed by atoms with Gasteiger partial charge in [-0.15, -0.1) is 12.4 Å². The van der Waals surface area contributed by atoms with Crippen molar-refractivity contribution in [3.05, 3.63) is 33.9 Å². The van der Waals surface area contributed by atoms with Crippen LogP contribution in [0.1, 0.15) is 24.8 Å². The molecular weight excluding hydrogens is 370 g/mol. The molecule has 1 aliphatic rings. The van der Waals surface area contributed by atoms with Gasteiger partial charge in [0.05, 0.1) is 11.0 Å². The summed E-state index contributed by atoms with van der Waals surface area (Å²) in [6.45, 7) is 3.28. The fourth-order valence-corrected chi connectivity index (χ4v) is 4.65. The number of nitrogens with zero attached hydrogens (tertiary/aromatic N) is 2. The molecule has 0 spiro atoms. The van der Waals surface area contributed by atoms with Gasteiger partial charge in [-0.1, -0.05) is 12.1 Å². The first kappa shape index (κ1) is 21.8. The summed E-state index contributed by atoms with van der Waals surface area (Å²) >= 11 is 0. The summed E-state index contributed by atoms with van der Waals surface area (Å²) < 4.78 is 32.7. The number of rotatable bonds is 7. The summed E-state index contributed by atoms with van der Waals surface area (Å²) in [5, 5.41) is 11.2. The van der Waals surface area contributed by atoms with Gasteiger partial charge in [-0.05, 0) is 38.3 Å². The number of nitrogens with two attached hydrogens (primary N) is 1. The lowest BCUT2D eigenvalue weighted by molar-refractivity contribution is -0.387. The molecular formula is C15H24ClN3O5S. The molecule has 0 bridgehead atoms. The fraction of sp³-hybridized carbons (Fsp3) is 0.600. The van der Waals surface area contributed by atoms with Crippen molar-refractivity contribution in [2.45, 2.75) is 37.2 Å². The normalized spacial score (nSPS) is 16.4. The highest BCUT2D eigenvalue weighted by Gasteiger charge is 2.35. The second kappa shape index (κ2) is 9.44. The average molecular weight is 394 g/mol. The van der Waals surface area contributed by atoms with E-state index in [-0.39, 0.29) is 29.1 Å². The Labute approximate surface area is 153 Å². The number of nitro groups is 1. The topological polar surface area (TPSA) is 116 Å². The van der Waals surface area contributed by atoms with Crippen LogP contribution in [0.5, 0.6) is 0 Å². The Hall–Kier alpha value is -1.26. The number of hydrogen-bond acceptors (Lipinski definition) is 6. The van der Waals surface area contributed by atoms with E-state index < -0.39 is 14.9 Å². The van der Waals surface area contributed by atoms with Crippen LogP contribution in [-0.2, 0) is 14.8 Å². The van der Waals surface area contributed by atoms with Crippen molar-refractivity contribution in [1.82, 2.24) is 4.31 Å². The molecule has 1 heterocycles. The zero-order chi connectivity index (χ0) is 17.7. The standard InChI is InChI=1S/C15H23N3O5S.ClH/c1-12-4-2-5-14(18(19)20)15(12)24(21,22)17-9-6-13(7-10-17)23-11-3-8-16;/h2,4-5,13H,3,6-11,16H2,1H3;1H. The number of sulfonamides is 1. The third-order valence-electron chi connectivity index (χ3n) is 4.09. The third-order valence-corrected chi connectivity index (χ3v) is 6.18. The second-order valence-corrected chi connectivity index (χ2v) is 7.67. The molecule has 8 nitrogen and oxygen atoms in total. The van der Waals surface area contributed by atoms with Gasteiger partial charge in [0.2, 0.25) is 10.0 Å². The van der Waals surface area contributed by atoms with Crippen molar-refractivity contribution >= 4 is 28.1 Å². The molecule has 1 fully saturated rings. The van der Waals surface area contributed by atoms with E-state index in [9.17, 15) is 18.5 Å². The summed E-state index contributed by atoms with van der Waals surface area (Å²) in [7, 11) is -3.90. The van der Waals surface area contributed by atoms with Crippen LogP contribution < -0.4 is 5.73 Å². The minimum atomic E-state index is -3.90. The van der Waals surface area contributed by atoms with Crippen LogP contribution in [0.2, 0.25) is 0 Å². The molecule has 2 N–H and O–H groups in total. The van der Waals surface area contributed by atoms with E-state index in [4.69, 9.17) is 10.5 Å². The van der Waals surface area contributed by atoms with Crippen LogP contribution in [0.15, 0.2) is 23.1 Å². The van der Waals surface area contributed by atoms with Crippen LogP contribution in [0, 0.1) is 17.0 Å². The lowest BCUT2D eigenvalue weighted by atomic mass is 10.1. The molecule has 0 atom stereocenters. The van der Waals surface area contributed by atoms with Crippen LogP contribution in [0.4, 0.5) is 5.69 Å². The first-order valence-electron chi connectivity index (χ1n) is 7.93. The van der Waals surface area contributed by atoms with Gasteiger partial charge in [-0.3, -0.25) is 10.1 Å². The predicted octanol–water partition coefficient (Wildman–Crippen LogP) is 1.84. The highest BCUT2D eigenvalue weighted by Crippen LogP contribution is 2.31. The predicted molar refractivity (Wildman–Crippen MR) is 96.5 cm³/mol. The number of ether oxygens (including phenoxy) is 1. The maximum Gasteiger partial charge on any atom is 0.289 e. The van der Waals surface area contributed by atoms with Gasteiger partial charge < -0.3 is 10.5 Å². The summed E-state index contributed by atoms with van der Waals surface area (Å²) in [6.07, 6.45) is 1.93. The number of benzene rings is 1. The van der Waals surface area contributed by atoms with E-state index in [2.05, 4.69) is 0 Å². The summed E-state index contributed by atoms with van der Waals surface area (Å²) in [5.74, 6) is 0. The van der Waals surface area contributed by atoms with Gasteiger partial charge >= 0.3 is 0 Å². The number of nitro benzene ring substituents is 1. The third kappa shape index (κ3) is 5.11. The molecule has 0 aromatic heterocycles. The lowest BCUT2D eigenvalue weighted by Gasteiger charge is -2.31. The molecule has 0 radical (unpaired) electrons. The van der Waals surface area contributed by atoms with Gasteiger partial charge in [0.25, 0.3) is 5.69 Å². The highest BCUT2D eigenvalue weighted by molar-refractivity contribution is 7.89. The van der Waals surface area contributed by atoms with E-state index in [1.165, 1.54) is 16.4 Å². The Morgan fingerprint density at radius 3 is 2.56 bits per heavy atom. The van der Waals surface area contributed by atoms with Crippen molar-refractivity contribution in [3.8, 4) is 0 Å². The van der Waals surface area contributed by atoms with E-state index in [0.717, 1.165) is 6.42 Å². The smallest absolute Gasteiger partial charge is 0.289 e. The molecule has 10 heteroatoms. The highest BCUT2D eigenvalue weighted by atomic mass is 35.5. The largest absolute Gasteiger partial charge is 0.378 e. The van der Waals surface area contributed by atoms with Crippen LogP contribution in [0.25, 0.3) is 0 Å². The monoisotopic (exact) mass is 393 g/mol. The number of aryl methyl sites for hydroxylation is 1. The van der Waals surface area contributed by atoms with Crippen molar-refractivity contribution in [2.24, 2.45) is 5.73 Å².